The number of nitro benzene ring substituents is 2. The summed E-state index contributed by atoms with van der Waals surface area (Å²) in [5, 5.41) is 34.0. The first-order chi connectivity index (χ1) is 14.0. The van der Waals surface area contributed by atoms with Gasteiger partial charge in [-0.2, -0.15) is 5.10 Å². The Morgan fingerprint density at radius 2 is 1.31 bits per heavy atom. The van der Waals surface area contributed by atoms with Gasteiger partial charge in [0.05, 0.1) is 21.2 Å². The van der Waals surface area contributed by atoms with E-state index in [4.69, 9.17) is 0 Å². The number of non-ortho nitro benzene ring substituents is 2. The summed E-state index contributed by atoms with van der Waals surface area (Å²) in [4.78, 5) is 20.6. The van der Waals surface area contributed by atoms with Crippen molar-refractivity contribution in [1.29, 1.82) is 0 Å². The van der Waals surface area contributed by atoms with Crippen LogP contribution in [0.3, 0.4) is 0 Å². The normalized spacial score (nSPS) is 11.4. The summed E-state index contributed by atoms with van der Waals surface area (Å²) in [5.41, 5.74) is 4.35. The second-order valence-electron chi connectivity index (χ2n) is 5.69. The van der Waals surface area contributed by atoms with Crippen molar-refractivity contribution >= 4 is 28.6 Å². The molecule has 0 unspecified atom stereocenters. The fourth-order valence-corrected chi connectivity index (χ4v) is 2.25. The maximum atomic E-state index is 10.9. The number of nitro groups is 2. The molecule has 0 radical (unpaired) electrons. The Morgan fingerprint density at radius 1 is 0.759 bits per heavy atom. The Morgan fingerprint density at radius 3 is 1.86 bits per heavy atom. The van der Waals surface area contributed by atoms with Gasteiger partial charge in [0, 0.05) is 29.8 Å². The number of rotatable bonds is 6. The Hall–Kier alpha value is -4.47. The number of hydrazone groups is 1. The third kappa shape index (κ3) is 5.26. The van der Waals surface area contributed by atoms with Crippen LogP contribution in [0.15, 0.2) is 94.2 Å². The maximum Gasteiger partial charge on any atom is 0.269 e. The van der Waals surface area contributed by atoms with Gasteiger partial charge in [0.25, 0.3) is 11.4 Å². The number of nitrogens with one attached hydrogen (secondary N) is 1. The van der Waals surface area contributed by atoms with Gasteiger partial charge in [-0.15, -0.1) is 10.2 Å². The zero-order valence-electron chi connectivity index (χ0n) is 14.9. The molecule has 29 heavy (non-hydrogen) atoms. The molecule has 0 saturated carbocycles. The van der Waals surface area contributed by atoms with E-state index in [-0.39, 0.29) is 17.2 Å². The predicted molar refractivity (Wildman–Crippen MR) is 107 cm³/mol. The summed E-state index contributed by atoms with van der Waals surface area (Å²) >= 11 is 0. The molecule has 3 aromatic carbocycles. The van der Waals surface area contributed by atoms with Gasteiger partial charge in [0.15, 0.2) is 0 Å². The van der Waals surface area contributed by atoms with E-state index in [1.165, 1.54) is 48.5 Å². The molecule has 0 aliphatic rings. The van der Waals surface area contributed by atoms with E-state index in [9.17, 15) is 20.2 Å². The summed E-state index contributed by atoms with van der Waals surface area (Å²) in [6.45, 7) is 0. The summed E-state index contributed by atoms with van der Waals surface area (Å²) in [6, 6.07) is 20.4. The van der Waals surface area contributed by atoms with E-state index in [0.29, 0.717) is 11.3 Å². The smallest absolute Gasteiger partial charge is 0.269 e. The molecule has 0 spiro atoms. The lowest BCUT2D eigenvalue weighted by Crippen LogP contribution is -2.01. The van der Waals surface area contributed by atoms with Crippen LogP contribution in [0.2, 0.25) is 0 Å². The van der Waals surface area contributed by atoms with Crippen LogP contribution in [-0.4, -0.2) is 15.7 Å². The second-order valence-corrected chi connectivity index (χ2v) is 5.69. The van der Waals surface area contributed by atoms with Crippen molar-refractivity contribution in [3.05, 3.63) is 105 Å². The lowest BCUT2D eigenvalue weighted by atomic mass is 10.2. The van der Waals surface area contributed by atoms with Gasteiger partial charge in [-0.05, 0) is 36.4 Å². The molecule has 10 heteroatoms. The van der Waals surface area contributed by atoms with Crippen LogP contribution >= 0.6 is 0 Å². The summed E-state index contributed by atoms with van der Waals surface area (Å²) in [7, 11) is 0. The molecular formula is C19H14N6O4. The number of nitrogens with zero attached hydrogens (tertiary/aromatic N) is 5. The van der Waals surface area contributed by atoms with Gasteiger partial charge >= 0.3 is 0 Å². The van der Waals surface area contributed by atoms with E-state index < -0.39 is 9.85 Å². The third-order valence-corrected chi connectivity index (χ3v) is 3.72. The molecule has 0 fully saturated rings. The van der Waals surface area contributed by atoms with Crippen molar-refractivity contribution in [1.82, 2.24) is 0 Å². The van der Waals surface area contributed by atoms with Crippen LogP contribution in [0, 0.1) is 20.2 Å². The number of anilines is 1. The maximum absolute atomic E-state index is 10.9. The molecule has 3 aromatic rings. The minimum atomic E-state index is -0.505. The quantitative estimate of drug-likeness (QED) is 0.206. The van der Waals surface area contributed by atoms with Crippen LogP contribution in [0.5, 0.6) is 0 Å². The molecule has 0 saturated heterocycles. The SMILES string of the molecule is O=[N+]([O-])c1ccc(N=N/C(=N\Nc2ccccc2)c2ccc([N+](=O)[O-])cc2)cc1. The first kappa shape index (κ1) is 19.3. The Bertz CT molecular complexity index is 1060. The number of azo groups is 1. The van der Waals surface area contributed by atoms with E-state index in [0.717, 1.165) is 5.69 Å². The monoisotopic (exact) mass is 390 g/mol. The molecule has 0 aliphatic heterocycles. The van der Waals surface area contributed by atoms with Crippen molar-refractivity contribution in [2.24, 2.45) is 15.3 Å². The minimum absolute atomic E-state index is 0.0565. The summed E-state index contributed by atoms with van der Waals surface area (Å²) in [6.07, 6.45) is 0. The van der Waals surface area contributed by atoms with Gasteiger partial charge in [0.1, 0.15) is 0 Å². The van der Waals surface area contributed by atoms with Crippen LogP contribution in [0.1, 0.15) is 5.56 Å². The zero-order valence-corrected chi connectivity index (χ0v) is 14.9. The first-order valence-electron chi connectivity index (χ1n) is 8.33. The number of para-hydroxylation sites is 1. The highest BCUT2D eigenvalue weighted by molar-refractivity contribution is 5.99. The van der Waals surface area contributed by atoms with E-state index >= 15 is 0 Å². The standard InChI is InChI=1S/C19H14N6O4/c26-24(27)17-10-6-14(7-11-17)19(22-20-15-4-2-1-3-5-15)23-21-16-8-12-18(13-9-16)25(28)29/h1-13,20H/b22-19-,23-21?. The lowest BCUT2D eigenvalue weighted by Gasteiger charge is -2.03. The highest BCUT2D eigenvalue weighted by Gasteiger charge is 2.09. The first-order valence-corrected chi connectivity index (χ1v) is 8.33. The molecule has 0 atom stereocenters. The van der Waals surface area contributed by atoms with E-state index in [1.54, 1.807) is 0 Å². The fraction of sp³-hybridized carbons (Fsp3) is 0. The lowest BCUT2D eigenvalue weighted by molar-refractivity contribution is -0.385. The van der Waals surface area contributed by atoms with Crippen molar-refractivity contribution in [3.8, 4) is 0 Å². The molecule has 0 bridgehead atoms. The van der Waals surface area contributed by atoms with Crippen molar-refractivity contribution in [2.75, 3.05) is 5.43 Å². The van der Waals surface area contributed by atoms with Gasteiger partial charge in [-0.1, -0.05) is 18.2 Å². The highest BCUT2D eigenvalue weighted by Crippen LogP contribution is 2.19. The topological polar surface area (TPSA) is 135 Å². The van der Waals surface area contributed by atoms with E-state index in [1.807, 2.05) is 30.3 Å². The Labute approximate surface area is 164 Å². The number of hydrogen-bond donors (Lipinski definition) is 1. The van der Waals surface area contributed by atoms with E-state index in [2.05, 4.69) is 20.8 Å². The van der Waals surface area contributed by atoms with Crippen LogP contribution in [-0.2, 0) is 0 Å². The molecule has 0 amide bonds. The van der Waals surface area contributed by atoms with Crippen molar-refractivity contribution in [3.63, 3.8) is 0 Å². The van der Waals surface area contributed by atoms with Crippen LogP contribution in [0.25, 0.3) is 0 Å². The van der Waals surface area contributed by atoms with Gasteiger partial charge in [0.2, 0.25) is 5.84 Å². The Balaban J connectivity index is 1.89. The minimum Gasteiger partial charge on any atom is -0.276 e. The molecule has 3 rings (SSSR count). The Kier molecular flexibility index (Phi) is 5.96. The van der Waals surface area contributed by atoms with Crippen molar-refractivity contribution in [2.45, 2.75) is 0 Å². The molecule has 0 aromatic heterocycles. The van der Waals surface area contributed by atoms with Crippen LogP contribution in [0.4, 0.5) is 22.7 Å². The molecule has 0 aliphatic carbocycles. The zero-order chi connectivity index (χ0) is 20.6. The molecule has 1 N–H and O–H groups in total. The summed E-state index contributed by atoms with van der Waals surface area (Å²) in [5.74, 6) is 0.183. The molecular weight excluding hydrogens is 376 g/mol. The predicted octanol–water partition coefficient (Wildman–Crippen LogP) is 5.06. The molecule has 10 nitrogen and oxygen atoms in total. The summed E-state index contributed by atoms with van der Waals surface area (Å²) < 4.78 is 0. The average Bonchev–Trinajstić information content (AvgIpc) is 2.75. The highest BCUT2D eigenvalue weighted by atomic mass is 16.6. The van der Waals surface area contributed by atoms with Gasteiger partial charge in [-0.25, -0.2) is 0 Å². The fourth-order valence-electron chi connectivity index (χ4n) is 2.25. The molecule has 144 valence electrons. The van der Waals surface area contributed by atoms with Gasteiger partial charge < -0.3 is 0 Å². The molecule has 0 heterocycles. The number of benzene rings is 3. The van der Waals surface area contributed by atoms with Crippen molar-refractivity contribution < 1.29 is 9.85 Å². The number of amidine groups is 1. The third-order valence-electron chi connectivity index (χ3n) is 3.72. The van der Waals surface area contributed by atoms with Crippen LogP contribution < -0.4 is 5.43 Å². The number of hydrogen-bond acceptors (Lipinski definition) is 7. The van der Waals surface area contributed by atoms with Gasteiger partial charge in [-0.3, -0.25) is 25.7 Å². The largest absolute Gasteiger partial charge is 0.276 e. The average molecular weight is 390 g/mol. The second kappa shape index (κ2) is 8.95.